The molecule has 0 unspecified atom stereocenters. The number of fused-ring (bicyclic) bond motifs is 1. The number of aromatic nitrogens is 2. The number of nitrogens with one attached hydrogen (secondary N) is 2. The molecule has 0 bridgehead atoms. The molecule has 0 spiro atoms. The lowest BCUT2D eigenvalue weighted by Crippen LogP contribution is -2.07. The minimum atomic E-state index is 0.286. The summed E-state index contributed by atoms with van der Waals surface area (Å²) in [5.74, 6) is 2.94. The quantitative estimate of drug-likeness (QED) is 0.707. The van der Waals surface area contributed by atoms with Crippen LogP contribution in [0.4, 0.5) is 11.8 Å². The zero-order valence-electron chi connectivity index (χ0n) is 14.5. The molecule has 1 aliphatic rings. The van der Waals surface area contributed by atoms with Gasteiger partial charge in [-0.3, -0.25) is 0 Å². The number of rotatable bonds is 6. The minimum absolute atomic E-state index is 0.286. The first-order chi connectivity index (χ1) is 12.8. The Morgan fingerprint density at radius 1 is 0.923 bits per heavy atom. The predicted molar refractivity (Wildman–Crippen MR) is 100 cm³/mol. The van der Waals surface area contributed by atoms with Gasteiger partial charge in [-0.1, -0.05) is 35.9 Å². The van der Waals surface area contributed by atoms with E-state index in [4.69, 9.17) is 9.47 Å². The van der Waals surface area contributed by atoms with E-state index in [0.29, 0.717) is 19.0 Å². The van der Waals surface area contributed by atoms with E-state index >= 15 is 0 Å². The average molecular weight is 348 g/mol. The zero-order chi connectivity index (χ0) is 17.8. The van der Waals surface area contributed by atoms with Crippen molar-refractivity contribution in [2.45, 2.75) is 20.0 Å². The van der Waals surface area contributed by atoms with E-state index in [0.717, 1.165) is 22.9 Å². The van der Waals surface area contributed by atoms with Crippen LogP contribution in [-0.4, -0.2) is 16.8 Å². The largest absolute Gasteiger partial charge is 0.454 e. The second-order valence-corrected chi connectivity index (χ2v) is 6.15. The van der Waals surface area contributed by atoms with E-state index in [1.807, 2.05) is 24.3 Å². The second kappa shape index (κ2) is 7.31. The zero-order valence-corrected chi connectivity index (χ0v) is 14.5. The van der Waals surface area contributed by atoms with E-state index in [-0.39, 0.29) is 6.79 Å². The second-order valence-electron chi connectivity index (χ2n) is 6.15. The third-order valence-electron chi connectivity index (χ3n) is 4.10. The smallest absolute Gasteiger partial charge is 0.231 e. The fourth-order valence-corrected chi connectivity index (χ4v) is 2.79. The summed E-state index contributed by atoms with van der Waals surface area (Å²) in [6, 6.07) is 16.1. The Labute approximate surface area is 152 Å². The Balaban J connectivity index is 1.36. The molecule has 2 aromatic carbocycles. The van der Waals surface area contributed by atoms with Crippen LogP contribution in [0, 0.1) is 6.92 Å². The Morgan fingerprint density at radius 2 is 1.77 bits per heavy atom. The van der Waals surface area contributed by atoms with Crippen LogP contribution in [0.5, 0.6) is 11.5 Å². The third-order valence-corrected chi connectivity index (χ3v) is 4.10. The number of aryl methyl sites for hydroxylation is 1. The molecule has 2 heterocycles. The van der Waals surface area contributed by atoms with Crippen molar-refractivity contribution in [1.82, 2.24) is 9.97 Å². The van der Waals surface area contributed by atoms with Crippen molar-refractivity contribution in [2.24, 2.45) is 0 Å². The first-order valence-electron chi connectivity index (χ1n) is 8.51. The van der Waals surface area contributed by atoms with Gasteiger partial charge in [-0.2, -0.15) is 4.98 Å². The summed E-state index contributed by atoms with van der Waals surface area (Å²) in [7, 11) is 0. The van der Waals surface area contributed by atoms with Gasteiger partial charge in [0.2, 0.25) is 12.7 Å². The maximum Gasteiger partial charge on any atom is 0.231 e. The Hall–Kier alpha value is -3.28. The summed E-state index contributed by atoms with van der Waals surface area (Å²) >= 11 is 0. The van der Waals surface area contributed by atoms with Gasteiger partial charge in [-0.25, -0.2) is 4.98 Å². The van der Waals surface area contributed by atoms with Gasteiger partial charge in [0.1, 0.15) is 5.82 Å². The average Bonchev–Trinajstić information content (AvgIpc) is 3.13. The van der Waals surface area contributed by atoms with E-state index in [2.05, 4.69) is 51.8 Å². The Morgan fingerprint density at radius 3 is 2.69 bits per heavy atom. The van der Waals surface area contributed by atoms with E-state index < -0.39 is 0 Å². The van der Waals surface area contributed by atoms with Gasteiger partial charge >= 0.3 is 0 Å². The van der Waals surface area contributed by atoms with Crippen molar-refractivity contribution in [3.63, 3.8) is 0 Å². The molecule has 3 aromatic rings. The molecule has 4 rings (SSSR count). The molecule has 6 nitrogen and oxygen atoms in total. The predicted octanol–water partition coefficient (Wildman–Crippen LogP) is 3.74. The van der Waals surface area contributed by atoms with Crippen LogP contribution in [0.3, 0.4) is 0 Å². The summed E-state index contributed by atoms with van der Waals surface area (Å²) in [4.78, 5) is 8.79. The van der Waals surface area contributed by atoms with Crippen LogP contribution >= 0.6 is 0 Å². The van der Waals surface area contributed by atoms with Gasteiger partial charge in [0, 0.05) is 19.3 Å². The number of benzene rings is 2. The summed E-state index contributed by atoms with van der Waals surface area (Å²) in [5, 5.41) is 6.57. The monoisotopic (exact) mass is 348 g/mol. The highest BCUT2D eigenvalue weighted by Crippen LogP contribution is 2.32. The van der Waals surface area contributed by atoms with Gasteiger partial charge in [0.15, 0.2) is 11.5 Å². The van der Waals surface area contributed by atoms with Crippen molar-refractivity contribution in [2.75, 3.05) is 17.4 Å². The molecule has 132 valence electrons. The van der Waals surface area contributed by atoms with Crippen LogP contribution in [0.1, 0.15) is 16.7 Å². The highest BCUT2D eigenvalue weighted by atomic mass is 16.7. The van der Waals surface area contributed by atoms with Crippen molar-refractivity contribution in [3.8, 4) is 11.5 Å². The van der Waals surface area contributed by atoms with Crippen molar-refractivity contribution in [1.29, 1.82) is 0 Å². The van der Waals surface area contributed by atoms with Gasteiger partial charge in [0.05, 0.1) is 0 Å². The standard InChI is InChI=1S/C20H20N4O2/c1-14-3-2-4-15(9-14)12-23-20-21-8-7-19(24-20)22-11-16-5-6-17-18(10-16)26-13-25-17/h2-10H,11-13H2,1H3,(H2,21,22,23,24). The highest BCUT2D eigenvalue weighted by molar-refractivity contribution is 5.46. The van der Waals surface area contributed by atoms with E-state index in [1.165, 1.54) is 11.1 Å². The lowest BCUT2D eigenvalue weighted by Gasteiger charge is -2.09. The first-order valence-corrected chi connectivity index (χ1v) is 8.51. The van der Waals surface area contributed by atoms with Gasteiger partial charge in [-0.05, 0) is 36.2 Å². The van der Waals surface area contributed by atoms with Crippen molar-refractivity contribution < 1.29 is 9.47 Å². The fourth-order valence-electron chi connectivity index (χ4n) is 2.79. The molecule has 2 N–H and O–H groups in total. The molecule has 0 radical (unpaired) electrons. The van der Waals surface area contributed by atoms with Gasteiger partial charge < -0.3 is 20.1 Å². The van der Waals surface area contributed by atoms with Crippen LogP contribution in [0.2, 0.25) is 0 Å². The molecule has 0 fully saturated rings. The van der Waals surface area contributed by atoms with Crippen LogP contribution < -0.4 is 20.1 Å². The first kappa shape index (κ1) is 16.2. The van der Waals surface area contributed by atoms with Crippen molar-refractivity contribution >= 4 is 11.8 Å². The molecule has 6 heteroatoms. The lowest BCUT2D eigenvalue weighted by atomic mass is 10.1. The fraction of sp³-hybridized carbons (Fsp3) is 0.200. The summed E-state index contributed by atoms with van der Waals surface area (Å²) in [6.45, 7) is 3.70. The minimum Gasteiger partial charge on any atom is -0.454 e. The van der Waals surface area contributed by atoms with Gasteiger partial charge in [-0.15, -0.1) is 0 Å². The molecule has 0 aliphatic carbocycles. The molecule has 1 aromatic heterocycles. The normalized spacial score (nSPS) is 12.0. The number of hydrogen-bond acceptors (Lipinski definition) is 6. The summed E-state index contributed by atoms with van der Waals surface area (Å²) < 4.78 is 10.7. The maximum atomic E-state index is 5.41. The molecule has 0 saturated heterocycles. The van der Waals surface area contributed by atoms with Crippen molar-refractivity contribution in [3.05, 3.63) is 71.4 Å². The third kappa shape index (κ3) is 3.85. The van der Waals surface area contributed by atoms with Crippen LogP contribution in [-0.2, 0) is 13.1 Å². The topological polar surface area (TPSA) is 68.3 Å². The summed E-state index contributed by atoms with van der Waals surface area (Å²) in [5.41, 5.74) is 3.54. The molecule has 0 atom stereocenters. The highest BCUT2D eigenvalue weighted by Gasteiger charge is 2.13. The number of hydrogen-bond donors (Lipinski definition) is 2. The molecule has 0 amide bonds. The number of ether oxygens (including phenoxy) is 2. The molecular formula is C20H20N4O2. The molecule has 26 heavy (non-hydrogen) atoms. The molecule has 1 aliphatic heterocycles. The molecular weight excluding hydrogens is 328 g/mol. The number of anilines is 2. The molecule has 0 saturated carbocycles. The van der Waals surface area contributed by atoms with Gasteiger partial charge in [0.25, 0.3) is 0 Å². The summed E-state index contributed by atoms with van der Waals surface area (Å²) in [6.07, 6.45) is 1.74. The Bertz CT molecular complexity index is 914. The van der Waals surface area contributed by atoms with E-state index in [9.17, 15) is 0 Å². The van der Waals surface area contributed by atoms with Crippen LogP contribution in [0.15, 0.2) is 54.7 Å². The SMILES string of the molecule is Cc1cccc(CNc2nccc(NCc3ccc4c(c3)OCO4)n2)c1. The van der Waals surface area contributed by atoms with Crippen LogP contribution in [0.25, 0.3) is 0 Å². The van der Waals surface area contributed by atoms with E-state index in [1.54, 1.807) is 6.20 Å². The maximum absolute atomic E-state index is 5.41. The Kier molecular flexibility index (Phi) is 4.55. The lowest BCUT2D eigenvalue weighted by molar-refractivity contribution is 0.174. The number of nitrogens with zero attached hydrogens (tertiary/aromatic N) is 2.